The van der Waals surface area contributed by atoms with E-state index >= 15 is 0 Å². The lowest BCUT2D eigenvalue weighted by Gasteiger charge is -2.16. The van der Waals surface area contributed by atoms with E-state index in [1.165, 1.54) is 0 Å². The second-order valence-corrected chi connectivity index (χ2v) is 5.19. The summed E-state index contributed by atoms with van der Waals surface area (Å²) in [7, 11) is 0. The molecule has 1 aromatic carbocycles. The maximum absolute atomic E-state index is 12.0. The smallest absolute Gasteiger partial charge is 0.355 e. The summed E-state index contributed by atoms with van der Waals surface area (Å²) in [5.41, 5.74) is 1.48. The van der Waals surface area contributed by atoms with Crippen LogP contribution in [0.25, 0.3) is 0 Å². The number of carbonyl (C=O) groups excluding carboxylic acids is 2. The summed E-state index contributed by atoms with van der Waals surface area (Å²) in [6.07, 6.45) is 0.793. The van der Waals surface area contributed by atoms with Crippen LogP contribution in [0.15, 0.2) is 48.7 Å². The van der Waals surface area contributed by atoms with Crippen LogP contribution in [0, 0.1) is 0 Å². The Hall–Kier alpha value is -2.56. The van der Waals surface area contributed by atoms with E-state index in [2.05, 4.69) is 10.3 Å². The molecular weight excluding hydrogens is 280 g/mol. The number of aromatic amines is 1. The average Bonchev–Trinajstić information content (AvgIpc) is 3.07. The number of aromatic nitrogens is 1. The summed E-state index contributed by atoms with van der Waals surface area (Å²) < 4.78 is 5.11. The van der Waals surface area contributed by atoms with Gasteiger partial charge in [0.25, 0.3) is 5.91 Å². The molecule has 2 atom stereocenters. The number of ether oxygens (including phenoxy) is 1. The number of hydrogen-bond acceptors (Lipinski definition) is 3. The highest BCUT2D eigenvalue weighted by atomic mass is 16.5. The van der Waals surface area contributed by atoms with Gasteiger partial charge in [-0.15, -0.1) is 0 Å². The van der Waals surface area contributed by atoms with Crippen molar-refractivity contribution in [3.8, 4) is 0 Å². The van der Waals surface area contributed by atoms with Crippen molar-refractivity contribution in [2.45, 2.75) is 25.9 Å². The topological polar surface area (TPSA) is 71.2 Å². The number of carbonyl (C=O) groups is 2. The zero-order valence-corrected chi connectivity index (χ0v) is 12.7. The highest BCUT2D eigenvalue weighted by molar-refractivity contribution is 5.90. The highest BCUT2D eigenvalue weighted by Crippen LogP contribution is 2.13. The highest BCUT2D eigenvalue weighted by Gasteiger charge is 2.19. The fourth-order valence-electron chi connectivity index (χ4n) is 2.03. The van der Waals surface area contributed by atoms with E-state index < -0.39 is 12.1 Å². The van der Waals surface area contributed by atoms with Crippen LogP contribution in [0.3, 0.4) is 0 Å². The molecule has 0 radical (unpaired) electrons. The molecule has 0 saturated carbocycles. The summed E-state index contributed by atoms with van der Waals surface area (Å²) in [6, 6.07) is 13.2. The molecular formula is C17H20N2O3. The molecule has 0 spiro atoms. The first-order valence-electron chi connectivity index (χ1n) is 7.25. The van der Waals surface area contributed by atoms with E-state index in [1.807, 2.05) is 37.3 Å². The Labute approximate surface area is 129 Å². The molecule has 1 amide bonds. The number of amides is 1. The summed E-state index contributed by atoms with van der Waals surface area (Å²) in [6.45, 7) is 4.09. The van der Waals surface area contributed by atoms with Gasteiger partial charge in [-0.2, -0.15) is 0 Å². The third-order valence-corrected chi connectivity index (χ3v) is 3.42. The van der Waals surface area contributed by atoms with Crippen LogP contribution in [0.1, 0.15) is 35.8 Å². The van der Waals surface area contributed by atoms with Crippen molar-refractivity contribution < 1.29 is 14.3 Å². The van der Waals surface area contributed by atoms with Crippen molar-refractivity contribution in [2.75, 3.05) is 6.54 Å². The van der Waals surface area contributed by atoms with E-state index in [-0.39, 0.29) is 11.8 Å². The quantitative estimate of drug-likeness (QED) is 0.805. The molecule has 0 aliphatic rings. The second-order valence-electron chi connectivity index (χ2n) is 5.19. The van der Waals surface area contributed by atoms with Crippen molar-refractivity contribution >= 4 is 11.9 Å². The molecule has 2 aromatic rings. The van der Waals surface area contributed by atoms with Gasteiger partial charge in [-0.25, -0.2) is 4.79 Å². The first-order valence-corrected chi connectivity index (χ1v) is 7.25. The van der Waals surface area contributed by atoms with Crippen LogP contribution in [0.5, 0.6) is 0 Å². The third kappa shape index (κ3) is 4.22. The summed E-state index contributed by atoms with van der Waals surface area (Å²) in [5, 5.41) is 2.80. The maximum atomic E-state index is 12.0. The monoisotopic (exact) mass is 300 g/mol. The van der Waals surface area contributed by atoms with Crippen LogP contribution in [0.2, 0.25) is 0 Å². The predicted octanol–water partition coefficient (Wildman–Crippen LogP) is 2.48. The summed E-state index contributed by atoms with van der Waals surface area (Å²) >= 11 is 0. The van der Waals surface area contributed by atoms with Crippen molar-refractivity contribution in [3.63, 3.8) is 0 Å². The Kier molecular flexibility index (Phi) is 5.36. The van der Waals surface area contributed by atoms with Crippen LogP contribution in [-0.4, -0.2) is 29.5 Å². The normalized spacial score (nSPS) is 13.2. The van der Waals surface area contributed by atoms with Gasteiger partial charge in [-0.05, 0) is 30.5 Å². The summed E-state index contributed by atoms with van der Waals surface area (Å²) in [4.78, 5) is 26.5. The molecule has 116 valence electrons. The Morgan fingerprint density at radius 1 is 1.14 bits per heavy atom. The van der Waals surface area contributed by atoms with Gasteiger partial charge in [0.2, 0.25) is 0 Å². The van der Waals surface area contributed by atoms with E-state index in [9.17, 15) is 9.59 Å². The molecule has 0 fully saturated rings. The van der Waals surface area contributed by atoms with Gasteiger partial charge in [0, 0.05) is 12.7 Å². The molecule has 0 aliphatic heterocycles. The average molecular weight is 300 g/mol. The number of benzene rings is 1. The minimum Gasteiger partial charge on any atom is -0.448 e. The fourth-order valence-corrected chi connectivity index (χ4v) is 2.03. The largest absolute Gasteiger partial charge is 0.448 e. The van der Waals surface area contributed by atoms with E-state index in [1.54, 1.807) is 25.3 Å². The fraction of sp³-hybridized carbons (Fsp3) is 0.294. The molecule has 1 heterocycles. The third-order valence-electron chi connectivity index (χ3n) is 3.42. The van der Waals surface area contributed by atoms with Crippen LogP contribution >= 0.6 is 0 Å². The first kappa shape index (κ1) is 15.8. The lowest BCUT2D eigenvalue weighted by molar-refractivity contribution is -0.129. The van der Waals surface area contributed by atoms with Gasteiger partial charge in [0.15, 0.2) is 6.10 Å². The van der Waals surface area contributed by atoms with Crippen LogP contribution in [0.4, 0.5) is 0 Å². The van der Waals surface area contributed by atoms with E-state index in [0.29, 0.717) is 12.2 Å². The molecule has 0 aliphatic carbocycles. The Morgan fingerprint density at radius 3 is 2.50 bits per heavy atom. The maximum Gasteiger partial charge on any atom is 0.355 e. The number of nitrogens with one attached hydrogen (secondary N) is 2. The van der Waals surface area contributed by atoms with Gasteiger partial charge in [-0.1, -0.05) is 37.3 Å². The van der Waals surface area contributed by atoms with Crippen LogP contribution in [-0.2, 0) is 9.53 Å². The molecule has 1 aromatic heterocycles. The zero-order chi connectivity index (χ0) is 15.9. The molecule has 22 heavy (non-hydrogen) atoms. The Morgan fingerprint density at radius 2 is 1.86 bits per heavy atom. The van der Waals surface area contributed by atoms with Crippen LogP contribution < -0.4 is 5.32 Å². The minimum atomic E-state index is -0.834. The van der Waals surface area contributed by atoms with Crippen molar-refractivity contribution in [1.82, 2.24) is 10.3 Å². The Bertz CT molecular complexity index is 608. The molecule has 2 N–H and O–H groups in total. The van der Waals surface area contributed by atoms with E-state index in [0.717, 1.165) is 5.56 Å². The number of H-pyrrole nitrogens is 1. The van der Waals surface area contributed by atoms with Gasteiger partial charge in [0.05, 0.1) is 0 Å². The first-order chi connectivity index (χ1) is 10.6. The number of esters is 1. The molecule has 0 bridgehead atoms. The minimum absolute atomic E-state index is 0.191. The second kappa shape index (κ2) is 7.45. The standard InChI is InChI=1S/C17H20N2O3/c1-12(14-7-4-3-5-8-14)11-19-16(20)13(2)22-17(21)15-9-6-10-18-15/h3-10,12-13,18H,11H2,1-2H3,(H,19,20)/t12-,13+/m1/s1. The lowest BCUT2D eigenvalue weighted by Crippen LogP contribution is -2.37. The van der Waals surface area contributed by atoms with Gasteiger partial charge < -0.3 is 15.0 Å². The summed E-state index contributed by atoms with van der Waals surface area (Å²) in [5.74, 6) is -0.650. The Balaban J connectivity index is 1.80. The predicted molar refractivity (Wildman–Crippen MR) is 83.5 cm³/mol. The molecule has 5 heteroatoms. The molecule has 5 nitrogen and oxygen atoms in total. The lowest BCUT2D eigenvalue weighted by atomic mass is 10.0. The number of hydrogen-bond donors (Lipinski definition) is 2. The van der Waals surface area contributed by atoms with Crippen molar-refractivity contribution in [3.05, 3.63) is 59.9 Å². The molecule has 0 unspecified atom stereocenters. The SMILES string of the molecule is C[C@H](OC(=O)c1ccc[nH]1)C(=O)NC[C@@H](C)c1ccccc1. The van der Waals surface area contributed by atoms with Crippen molar-refractivity contribution in [2.24, 2.45) is 0 Å². The molecule has 0 saturated heterocycles. The zero-order valence-electron chi connectivity index (χ0n) is 12.7. The van der Waals surface area contributed by atoms with Gasteiger partial charge >= 0.3 is 5.97 Å². The van der Waals surface area contributed by atoms with E-state index in [4.69, 9.17) is 4.74 Å². The van der Waals surface area contributed by atoms with Gasteiger partial charge in [-0.3, -0.25) is 4.79 Å². The molecule has 2 rings (SSSR count). The van der Waals surface area contributed by atoms with Crippen molar-refractivity contribution in [1.29, 1.82) is 0 Å². The number of rotatable bonds is 6. The van der Waals surface area contributed by atoms with Gasteiger partial charge in [0.1, 0.15) is 5.69 Å².